The largest absolute Gasteiger partial charge is 0.482 e. The van der Waals surface area contributed by atoms with E-state index in [2.05, 4.69) is 0 Å². The molecule has 28 heavy (non-hydrogen) atoms. The lowest BCUT2D eigenvalue weighted by atomic mass is 10.0. The Morgan fingerprint density at radius 3 is 2.36 bits per heavy atom. The molecule has 0 unspecified atom stereocenters. The van der Waals surface area contributed by atoms with E-state index >= 15 is 0 Å². The van der Waals surface area contributed by atoms with E-state index in [1.807, 2.05) is 12.1 Å². The van der Waals surface area contributed by atoms with Gasteiger partial charge in [-0.3, -0.25) is 9.59 Å². The van der Waals surface area contributed by atoms with Crippen LogP contribution in [0.2, 0.25) is 0 Å². The van der Waals surface area contributed by atoms with E-state index in [1.165, 1.54) is 11.1 Å². The van der Waals surface area contributed by atoms with Crippen molar-refractivity contribution in [3.05, 3.63) is 64.7 Å². The van der Waals surface area contributed by atoms with Crippen LogP contribution in [0.5, 0.6) is 5.75 Å². The van der Waals surface area contributed by atoms with Gasteiger partial charge in [-0.1, -0.05) is 19.1 Å². The Hall–Kier alpha value is -2.95. The maximum absolute atomic E-state index is 12.5. The zero-order valence-corrected chi connectivity index (χ0v) is 16.2. The van der Waals surface area contributed by atoms with Gasteiger partial charge in [-0.15, -0.1) is 0 Å². The Morgan fingerprint density at radius 2 is 1.64 bits per heavy atom. The van der Waals surface area contributed by atoms with Gasteiger partial charge < -0.3 is 9.47 Å². The van der Waals surface area contributed by atoms with Gasteiger partial charge in [0.05, 0.1) is 0 Å². The molecule has 0 aromatic heterocycles. The molecule has 0 fully saturated rings. The van der Waals surface area contributed by atoms with Crippen LogP contribution >= 0.6 is 0 Å². The number of hydrogen-bond donors (Lipinski definition) is 0. The molecule has 0 aliphatic heterocycles. The van der Waals surface area contributed by atoms with Crippen molar-refractivity contribution in [2.75, 3.05) is 6.61 Å². The standard InChI is InChI=1S/C23H24O5/c1-3-21(24)17-9-11-20(12-10-17)27-14-22(25)28-15(2)23(26)19-8-7-16-5-4-6-18(16)13-19/h7-13,15H,3-6,14H2,1-2H3/t15-/m1/s1. The highest BCUT2D eigenvalue weighted by Crippen LogP contribution is 2.23. The average molecular weight is 380 g/mol. The first kappa shape index (κ1) is 19.8. The molecule has 1 aliphatic rings. The van der Waals surface area contributed by atoms with Crippen molar-refractivity contribution in [1.82, 2.24) is 0 Å². The smallest absolute Gasteiger partial charge is 0.344 e. The lowest BCUT2D eigenvalue weighted by molar-refractivity contribution is -0.148. The van der Waals surface area contributed by atoms with Crippen LogP contribution in [0.25, 0.3) is 0 Å². The molecule has 3 rings (SSSR count). The normalized spacial score (nSPS) is 13.5. The molecular formula is C23H24O5. The van der Waals surface area contributed by atoms with Gasteiger partial charge in [-0.2, -0.15) is 0 Å². The van der Waals surface area contributed by atoms with E-state index in [4.69, 9.17) is 9.47 Å². The molecule has 0 saturated carbocycles. The summed E-state index contributed by atoms with van der Waals surface area (Å²) >= 11 is 0. The molecule has 146 valence electrons. The summed E-state index contributed by atoms with van der Waals surface area (Å²) in [6, 6.07) is 12.3. The van der Waals surface area contributed by atoms with Gasteiger partial charge in [-0.25, -0.2) is 4.79 Å². The first-order valence-corrected chi connectivity index (χ1v) is 9.59. The Morgan fingerprint density at radius 1 is 0.964 bits per heavy atom. The summed E-state index contributed by atoms with van der Waals surface area (Å²) in [4.78, 5) is 36.2. The lowest BCUT2D eigenvalue weighted by Crippen LogP contribution is -2.27. The summed E-state index contributed by atoms with van der Waals surface area (Å²) in [6.45, 7) is 3.06. The number of rotatable bonds is 8. The van der Waals surface area contributed by atoms with Crippen molar-refractivity contribution in [2.45, 2.75) is 45.6 Å². The predicted molar refractivity (Wildman–Crippen MR) is 105 cm³/mol. The number of carbonyl (C=O) groups excluding carboxylic acids is 3. The van der Waals surface area contributed by atoms with E-state index < -0.39 is 12.1 Å². The summed E-state index contributed by atoms with van der Waals surface area (Å²) in [7, 11) is 0. The van der Waals surface area contributed by atoms with Crippen molar-refractivity contribution in [3.63, 3.8) is 0 Å². The molecule has 5 nitrogen and oxygen atoms in total. The average Bonchev–Trinajstić information content (AvgIpc) is 3.19. The molecule has 0 amide bonds. The molecule has 1 aliphatic carbocycles. The maximum Gasteiger partial charge on any atom is 0.344 e. The highest BCUT2D eigenvalue weighted by molar-refractivity contribution is 6.00. The summed E-state index contributed by atoms with van der Waals surface area (Å²) in [6.07, 6.45) is 2.71. The van der Waals surface area contributed by atoms with Gasteiger partial charge in [0.15, 0.2) is 18.5 Å². The highest BCUT2D eigenvalue weighted by Gasteiger charge is 2.21. The number of benzene rings is 2. The fraction of sp³-hybridized carbons (Fsp3) is 0.348. The van der Waals surface area contributed by atoms with Crippen molar-refractivity contribution in [3.8, 4) is 5.75 Å². The fourth-order valence-corrected chi connectivity index (χ4v) is 3.33. The van der Waals surface area contributed by atoms with Crippen LogP contribution in [-0.2, 0) is 22.4 Å². The second kappa shape index (κ2) is 8.83. The molecule has 0 bridgehead atoms. The lowest BCUT2D eigenvalue weighted by Gasteiger charge is -2.13. The molecule has 0 heterocycles. The topological polar surface area (TPSA) is 69.7 Å². The van der Waals surface area contributed by atoms with Crippen molar-refractivity contribution < 1.29 is 23.9 Å². The van der Waals surface area contributed by atoms with E-state index in [9.17, 15) is 14.4 Å². The minimum Gasteiger partial charge on any atom is -0.482 e. The third-order valence-corrected chi connectivity index (χ3v) is 4.91. The summed E-state index contributed by atoms with van der Waals surface area (Å²) < 4.78 is 10.6. The number of esters is 1. The third kappa shape index (κ3) is 4.66. The minimum atomic E-state index is -0.875. The van der Waals surface area contributed by atoms with Crippen LogP contribution in [-0.4, -0.2) is 30.2 Å². The van der Waals surface area contributed by atoms with Gasteiger partial charge in [0, 0.05) is 17.5 Å². The maximum atomic E-state index is 12.5. The van der Waals surface area contributed by atoms with Crippen LogP contribution in [0.3, 0.4) is 0 Å². The fourth-order valence-electron chi connectivity index (χ4n) is 3.33. The first-order chi connectivity index (χ1) is 13.5. The number of aryl methyl sites for hydroxylation is 2. The van der Waals surface area contributed by atoms with Crippen LogP contribution in [0, 0.1) is 0 Å². The van der Waals surface area contributed by atoms with Crippen molar-refractivity contribution >= 4 is 17.5 Å². The first-order valence-electron chi connectivity index (χ1n) is 9.59. The Labute approximate surface area is 164 Å². The van der Waals surface area contributed by atoms with Gasteiger partial charge in [-0.05, 0) is 67.6 Å². The van der Waals surface area contributed by atoms with E-state index in [-0.39, 0.29) is 18.2 Å². The molecule has 0 radical (unpaired) electrons. The molecular weight excluding hydrogens is 356 g/mol. The Kier molecular flexibility index (Phi) is 6.24. The number of fused-ring (bicyclic) bond motifs is 1. The Balaban J connectivity index is 1.51. The number of hydrogen-bond acceptors (Lipinski definition) is 5. The van der Waals surface area contributed by atoms with E-state index in [0.29, 0.717) is 23.3 Å². The number of Topliss-reactive ketones (excluding diaryl/α,β-unsaturated/α-hetero) is 2. The molecule has 5 heteroatoms. The van der Waals surface area contributed by atoms with Gasteiger partial charge >= 0.3 is 5.97 Å². The molecule has 0 N–H and O–H groups in total. The summed E-state index contributed by atoms with van der Waals surface area (Å²) in [5.74, 6) is -0.326. The van der Waals surface area contributed by atoms with Crippen molar-refractivity contribution in [2.24, 2.45) is 0 Å². The zero-order valence-electron chi connectivity index (χ0n) is 16.2. The number of ether oxygens (including phenoxy) is 2. The quantitative estimate of drug-likeness (QED) is 0.512. The minimum absolute atomic E-state index is 0.0462. The molecule has 2 aromatic carbocycles. The summed E-state index contributed by atoms with van der Waals surface area (Å²) in [5, 5.41) is 0. The number of carbonyl (C=O) groups is 3. The monoisotopic (exact) mass is 380 g/mol. The van der Waals surface area contributed by atoms with Crippen LogP contribution in [0.15, 0.2) is 42.5 Å². The highest BCUT2D eigenvalue weighted by atomic mass is 16.6. The molecule has 2 aromatic rings. The van der Waals surface area contributed by atoms with E-state index in [0.717, 1.165) is 19.3 Å². The SMILES string of the molecule is CCC(=O)c1ccc(OCC(=O)O[C@H](C)C(=O)c2ccc3c(c2)CCC3)cc1. The van der Waals surface area contributed by atoms with E-state index in [1.54, 1.807) is 44.2 Å². The molecule has 1 atom stereocenters. The Bertz CT molecular complexity index is 882. The summed E-state index contributed by atoms with van der Waals surface area (Å²) in [5.41, 5.74) is 3.67. The van der Waals surface area contributed by atoms with Crippen LogP contribution < -0.4 is 4.74 Å². The van der Waals surface area contributed by atoms with Gasteiger partial charge in [0.2, 0.25) is 5.78 Å². The third-order valence-electron chi connectivity index (χ3n) is 4.91. The van der Waals surface area contributed by atoms with Gasteiger partial charge in [0.25, 0.3) is 0 Å². The van der Waals surface area contributed by atoms with Crippen LogP contribution in [0.1, 0.15) is 58.5 Å². The van der Waals surface area contributed by atoms with Crippen LogP contribution in [0.4, 0.5) is 0 Å². The van der Waals surface area contributed by atoms with Gasteiger partial charge in [0.1, 0.15) is 5.75 Å². The second-order valence-electron chi connectivity index (χ2n) is 6.92. The molecule has 0 saturated heterocycles. The molecule has 0 spiro atoms. The van der Waals surface area contributed by atoms with Crippen molar-refractivity contribution in [1.29, 1.82) is 0 Å². The number of ketones is 2. The zero-order chi connectivity index (χ0) is 20.1. The second-order valence-corrected chi connectivity index (χ2v) is 6.92. The predicted octanol–water partition coefficient (Wildman–Crippen LogP) is 3.96.